The lowest BCUT2D eigenvalue weighted by molar-refractivity contribution is 0.127. The molecule has 2 aromatic carbocycles. The summed E-state index contributed by atoms with van der Waals surface area (Å²) in [6.07, 6.45) is -0.692. The van der Waals surface area contributed by atoms with Crippen molar-refractivity contribution < 1.29 is 10.3 Å². The molecule has 2 aromatic rings. The van der Waals surface area contributed by atoms with E-state index < -0.39 is 12.1 Å². The molecule has 4 nitrogen and oxygen atoms in total. The number of hydrogen-bond acceptors (Lipinski definition) is 4. The Balaban J connectivity index is 2.05. The molecule has 23 heavy (non-hydrogen) atoms. The van der Waals surface area contributed by atoms with Crippen LogP contribution >= 0.6 is 0 Å². The quantitative estimate of drug-likeness (QED) is 0.469. The average molecular weight is 310 g/mol. The van der Waals surface area contributed by atoms with E-state index in [1.54, 1.807) is 6.92 Å². The molecule has 0 saturated carbocycles. The highest BCUT2D eigenvalue weighted by Crippen LogP contribution is 2.19. The Morgan fingerprint density at radius 3 is 2.22 bits per heavy atom. The second-order valence-corrected chi connectivity index (χ2v) is 5.36. The van der Waals surface area contributed by atoms with Crippen molar-refractivity contribution in [2.75, 3.05) is 0 Å². The molecule has 2 unspecified atom stereocenters. The molecular formula is C19H22N2O2. The van der Waals surface area contributed by atoms with Crippen molar-refractivity contribution in [3.8, 4) is 11.1 Å². The van der Waals surface area contributed by atoms with Crippen molar-refractivity contribution >= 4 is 0 Å². The number of aliphatic hydroxyl groups is 1. The molecule has 0 saturated heterocycles. The Morgan fingerprint density at radius 1 is 1.09 bits per heavy atom. The van der Waals surface area contributed by atoms with Gasteiger partial charge in [0.2, 0.25) is 0 Å². The maximum Gasteiger partial charge on any atom is 0.0983 e. The molecule has 0 aliphatic carbocycles. The topological polar surface area (TPSA) is 64.5 Å². The van der Waals surface area contributed by atoms with E-state index in [-0.39, 0.29) is 0 Å². The number of nitrogens with one attached hydrogen (secondary N) is 2. The van der Waals surface area contributed by atoms with Crippen LogP contribution in [0.3, 0.4) is 0 Å². The summed E-state index contributed by atoms with van der Waals surface area (Å²) in [5, 5.41) is 22.1. The van der Waals surface area contributed by atoms with Gasteiger partial charge in [0.15, 0.2) is 0 Å². The molecule has 0 aliphatic rings. The fourth-order valence-electron chi connectivity index (χ4n) is 2.41. The van der Waals surface area contributed by atoms with Crippen LogP contribution in [0.2, 0.25) is 0 Å². The zero-order chi connectivity index (χ0) is 16.7. The maximum atomic E-state index is 9.81. The summed E-state index contributed by atoms with van der Waals surface area (Å²) >= 11 is 0. The van der Waals surface area contributed by atoms with Gasteiger partial charge in [-0.3, -0.25) is 10.7 Å². The molecule has 120 valence electrons. The zero-order valence-corrected chi connectivity index (χ0v) is 13.2. The normalized spacial score (nSPS) is 13.0. The predicted molar refractivity (Wildman–Crippen MR) is 91.8 cm³/mol. The van der Waals surface area contributed by atoms with Crippen molar-refractivity contribution in [3.63, 3.8) is 0 Å². The first kappa shape index (κ1) is 17.0. The van der Waals surface area contributed by atoms with Crippen molar-refractivity contribution in [3.05, 3.63) is 78.2 Å². The van der Waals surface area contributed by atoms with Gasteiger partial charge < -0.3 is 10.4 Å². The van der Waals surface area contributed by atoms with Gasteiger partial charge in [-0.1, -0.05) is 61.2 Å². The van der Waals surface area contributed by atoms with Gasteiger partial charge in [-0.15, -0.1) is 5.73 Å². The van der Waals surface area contributed by atoms with E-state index in [4.69, 9.17) is 5.21 Å². The number of hydrogen-bond donors (Lipinski definition) is 4. The van der Waals surface area contributed by atoms with Crippen molar-refractivity contribution in [2.24, 2.45) is 0 Å². The Morgan fingerprint density at radius 2 is 1.70 bits per heavy atom. The Bertz CT molecular complexity index is 660. The Kier molecular flexibility index (Phi) is 6.15. The lowest BCUT2D eigenvalue weighted by Crippen LogP contribution is -2.42. The van der Waals surface area contributed by atoms with Gasteiger partial charge in [-0.25, -0.2) is 0 Å². The van der Waals surface area contributed by atoms with E-state index in [0.717, 1.165) is 11.1 Å². The zero-order valence-electron chi connectivity index (χ0n) is 13.2. The Labute approximate surface area is 136 Å². The summed E-state index contributed by atoms with van der Waals surface area (Å²) in [7, 11) is 0. The van der Waals surface area contributed by atoms with Gasteiger partial charge in [0, 0.05) is 6.54 Å². The van der Waals surface area contributed by atoms with E-state index in [2.05, 4.69) is 41.9 Å². The molecule has 0 radical (unpaired) electrons. The number of benzene rings is 2. The highest BCUT2D eigenvalue weighted by molar-refractivity contribution is 5.63. The number of hydroxylamine groups is 1. The molecule has 0 amide bonds. The van der Waals surface area contributed by atoms with Crippen LogP contribution in [0.4, 0.5) is 0 Å². The minimum absolute atomic E-state index is 0.320. The summed E-state index contributed by atoms with van der Waals surface area (Å²) < 4.78 is 0. The Hall–Kier alpha value is -2.36. The van der Waals surface area contributed by atoms with Gasteiger partial charge in [0.05, 0.1) is 17.8 Å². The van der Waals surface area contributed by atoms with Crippen LogP contribution in [0.5, 0.6) is 0 Å². The first-order valence-corrected chi connectivity index (χ1v) is 7.51. The molecule has 4 N–H and O–H groups in total. The van der Waals surface area contributed by atoms with Crippen molar-refractivity contribution in [1.29, 1.82) is 0 Å². The third kappa shape index (κ3) is 4.55. The fourth-order valence-corrected chi connectivity index (χ4v) is 2.41. The minimum Gasteiger partial charge on any atom is -0.391 e. The van der Waals surface area contributed by atoms with E-state index in [1.165, 1.54) is 5.56 Å². The molecule has 0 aromatic heterocycles. The van der Waals surface area contributed by atoms with Gasteiger partial charge in [0.1, 0.15) is 0 Å². The smallest absolute Gasteiger partial charge is 0.0983 e. The maximum absolute atomic E-state index is 9.81. The van der Waals surface area contributed by atoms with Gasteiger partial charge >= 0.3 is 0 Å². The molecule has 0 heterocycles. The van der Waals surface area contributed by atoms with Gasteiger partial charge in [0.25, 0.3) is 0 Å². The summed E-state index contributed by atoms with van der Waals surface area (Å²) in [6, 6.07) is 17.9. The van der Waals surface area contributed by atoms with Crippen LogP contribution in [-0.4, -0.2) is 22.5 Å². The number of aliphatic hydroxyl groups excluding tert-OH is 1. The minimum atomic E-state index is -0.692. The summed E-state index contributed by atoms with van der Waals surface area (Å²) in [5.74, 6) is 0. The van der Waals surface area contributed by atoms with Gasteiger partial charge in [-0.05, 0) is 23.6 Å². The third-order valence-electron chi connectivity index (χ3n) is 3.69. The largest absolute Gasteiger partial charge is 0.391 e. The molecule has 0 fully saturated rings. The summed E-state index contributed by atoms with van der Waals surface area (Å²) in [5.41, 5.74) is 8.34. The lowest BCUT2D eigenvalue weighted by atomic mass is 10.0. The SMILES string of the molecule is C=C=C(NO)C(NCc1ccc(-c2ccccc2)cc1)C(C)O. The predicted octanol–water partition coefficient (Wildman–Crippen LogP) is 2.84. The van der Waals surface area contributed by atoms with Crippen LogP contribution in [0.25, 0.3) is 11.1 Å². The highest BCUT2D eigenvalue weighted by Gasteiger charge is 2.18. The van der Waals surface area contributed by atoms with E-state index in [9.17, 15) is 5.11 Å². The third-order valence-corrected chi connectivity index (χ3v) is 3.69. The highest BCUT2D eigenvalue weighted by atomic mass is 16.5. The fraction of sp³-hybridized carbons (Fsp3) is 0.211. The van der Waals surface area contributed by atoms with E-state index in [0.29, 0.717) is 12.2 Å². The van der Waals surface area contributed by atoms with Crippen molar-refractivity contribution in [2.45, 2.75) is 25.6 Å². The second kappa shape index (κ2) is 8.32. The molecule has 4 heteroatoms. The monoisotopic (exact) mass is 310 g/mol. The molecule has 0 bridgehead atoms. The van der Waals surface area contributed by atoms with Crippen LogP contribution in [0, 0.1) is 0 Å². The molecule has 0 spiro atoms. The molecule has 2 rings (SSSR count). The lowest BCUT2D eigenvalue weighted by Gasteiger charge is -2.22. The van der Waals surface area contributed by atoms with E-state index in [1.807, 2.05) is 35.8 Å². The molecule has 2 atom stereocenters. The van der Waals surface area contributed by atoms with E-state index >= 15 is 0 Å². The van der Waals surface area contributed by atoms with Crippen LogP contribution in [0.15, 0.2) is 72.6 Å². The van der Waals surface area contributed by atoms with Crippen LogP contribution in [0.1, 0.15) is 12.5 Å². The standard InChI is InChI=1S/C19H22N2O2/c1-3-18(21-23)19(14(2)22)20-13-15-9-11-17(12-10-15)16-7-5-4-6-8-16/h4-12,14,19-23H,1,13H2,2H3. The molecular weight excluding hydrogens is 288 g/mol. The second-order valence-electron chi connectivity index (χ2n) is 5.36. The van der Waals surface area contributed by atoms with Gasteiger partial charge in [-0.2, -0.15) is 0 Å². The molecule has 0 aliphatic heterocycles. The first-order chi connectivity index (χ1) is 11.2. The number of rotatable bonds is 7. The van der Waals surface area contributed by atoms with Crippen LogP contribution < -0.4 is 10.8 Å². The summed E-state index contributed by atoms with van der Waals surface area (Å²) in [4.78, 5) is 0. The van der Waals surface area contributed by atoms with Crippen LogP contribution in [-0.2, 0) is 6.54 Å². The average Bonchev–Trinajstić information content (AvgIpc) is 2.59. The first-order valence-electron chi connectivity index (χ1n) is 7.51. The summed E-state index contributed by atoms with van der Waals surface area (Å²) in [6.45, 7) is 5.70. The van der Waals surface area contributed by atoms with Crippen molar-refractivity contribution in [1.82, 2.24) is 10.8 Å².